The molecule has 0 aromatic heterocycles. The Kier molecular flexibility index (Phi) is 3.92. The molecule has 0 heterocycles. The topological polar surface area (TPSA) is 43.4 Å². The van der Waals surface area contributed by atoms with Crippen molar-refractivity contribution in [1.82, 2.24) is 0 Å². The molecule has 0 fully saturated rings. The smallest absolute Gasteiger partial charge is 0.404 e. The van der Waals surface area contributed by atoms with Gasteiger partial charge in [0, 0.05) is 4.47 Å². The van der Waals surface area contributed by atoms with Crippen LogP contribution in [0.25, 0.3) is 0 Å². The number of halogens is 4. The van der Waals surface area contributed by atoms with Crippen molar-refractivity contribution in [3.8, 4) is 5.75 Å². The third-order valence-corrected chi connectivity index (χ3v) is 2.55. The number of carbonyl (C=O) groups excluding carboxylic acids is 2. The minimum absolute atomic E-state index is 0.122. The van der Waals surface area contributed by atoms with Crippen LogP contribution >= 0.6 is 15.9 Å². The maximum Gasteiger partial charge on any atom is 0.573 e. The van der Waals surface area contributed by atoms with Gasteiger partial charge in [0.1, 0.15) is 0 Å². The molecule has 0 unspecified atom stereocenters. The molecule has 0 aliphatic heterocycles. The summed E-state index contributed by atoms with van der Waals surface area (Å²) in [6, 6.07) is 2.46. The number of rotatable bonds is 3. The summed E-state index contributed by atoms with van der Waals surface area (Å²) in [5, 5.41) is 0. The van der Waals surface area contributed by atoms with Crippen molar-refractivity contribution in [1.29, 1.82) is 0 Å². The molecule has 0 saturated heterocycles. The van der Waals surface area contributed by atoms with Crippen molar-refractivity contribution >= 4 is 28.0 Å². The number of hydrogen-bond acceptors (Lipinski definition) is 3. The molecule has 1 aromatic carbocycles. The van der Waals surface area contributed by atoms with E-state index in [4.69, 9.17) is 0 Å². The SMILES string of the molecule is CC(=O)c1ccc(Br)c(C=O)c1OC(F)(F)F. The van der Waals surface area contributed by atoms with Crippen molar-refractivity contribution in [3.63, 3.8) is 0 Å². The van der Waals surface area contributed by atoms with Crippen LogP contribution in [0.4, 0.5) is 13.2 Å². The first-order valence-electron chi connectivity index (χ1n) is 4.30. The van der Waals surface area contributed by atoms with E-state index >= 15 is 0 Å². The zero-order valence-corrected chi connectivity index (χ0v) is 10.1. The molecule has 0 spiro atoms. The number of ether oxygens (including phenoxy) is 1. The molecule has 0 amide bonds. The van der Waals surface area contributed by atoms with E-state index in [1.165, 1.54) is 6.07 Å². The Morgan fingerprint density at radius 1 is 1.41 bits per heavy atom. The molecular formula is C10H6BrF3O3. The predicted octanol–water partition coefficient (Wildman–Crippen LogP) is 3.36. The fourth-order valence-electron chi connectivity index (χ4n) is 1.19. The quantitative estimate of drug-likeness (QED) is 0.635. The summed E-state index contributed by atoms with van der Waals surface area (Å²) < 4.78 is 40.3. The van der Waals surface area contributed by atoms with Crippen LogP contribution in [0.2, 0.25) is 0 Å². The molecule has 7 heteroatoms. The maximum atomic E-state index is 12.2. The van der Waals surface area contributed by atoms with Gasteiger partial charge < -0.3 is 4.74 Å². The van der Waals surface area contributed by atoms with Gasteiger partial charge in [0.2, 0.25) is 0 Å². The van der Waals surface area contributed by atoms with Gasteiger partial charge in [-0.15, -0.1) is 13.2 Å². The van der Waals surface area contributed by atoms with E-state index in [1.54, 1.807) is 0 Å². The van der Waals surface area contributed by atoms with Crippen LogP contribution in [0.1, 0.15) is 27.6 Å². The highest BCUT2D eigenvalue weighted by Crippen LogP contribution is 2.33. The van der Waals surface area contributed by atoms with Crippen LogP contribution in [-0.2, 0) is 0 Å². The van der Waals surface area contributed by atoms with Crippen molar-refractivity contribution < 1.29 is 27.5 Å². The number of alkyl halides is 3. The van der Waals surface area contributed by atoms with Gasteiger partial charge in [-0.05, 0) is 35.0 Å². The molecule has 0 radical (unpaired) electrons. The van der Waals surface area contributed by atoms with E-state index in [1.807, 2.05) is 0 Å². The Morgan fingerprint density at radius 2 is 2.00 bits per heavy atom. The lowest BCUT2D eigenvalue weighted by atomic mass is 10.1. The van der Waals surface area contributed by atoms with Crippen LogP contribution < -0.4 is 4.74 Å². The maximum absolute atomic E-state index is 12.2. The summed E-state index contributed by atoms with van der Waals surface area (Å²) in [6.45, 7) is 1.08. The second kappa shape index (κ2) is 4.87. The molecule has 17 heavy (non-hydrogen) atoms. The molecule has 0 aliphatic carbocycles. The van der Waals surface area contributed by atoms with E-state index in [0.717, 1.165) is 13.0 Å². The molecule has 0 bridgehead atoms. The van der Waals surface area contributed by atoms with E-state index in [2.05, 4.69) is 20.7 Å². The summed E-state index contributed by atoms with van der Waals surface area (Å²) in [4.78, 5) is 21.9. The number of hydrogen-bond donors (Lipinski definition) is 0. The van der Waals surface area contributed by atoms with Gasteiger partial charge in [-0.2, -0.15) is 0 Å². The second-order valence-electron chi connectivity index (χ2n) is 3.06. The number of aldehydes is 1. The first kappa shape index (κ1) is 13.7. The van der Waals surface area contributed by atoms with Crippen LogP contribution in [0.15, 0.2) is 16.6 Å². The Bertz CT molecular complexity index is 469. The molecule has 1 aromatic rings. The summed E-state index contributed by atoms with van der Waals surface area (Å²) in [7, 11) is 0. The monoisotopic (exact) mass is 310 g/mol. The summed E-state index contributed by atoms with van der Waals surface area (Å²) >= 11 is 2.91. The molecule has 0 saturated carbocycles. The van der Waals surface area contributed by atoms with Gasteiger partial charge in [-0.3, -0.25) is 9.59 Å². The molecule has 3 nitrogen and oxygen atoms in total. The Hall–Kier alpha value is -1.37. The average Bonchev–Trinajstić information content (AvgIpc) is 2.15. The molecule has 92 valence electrons. The van der Waals surface area contributed by atoms with Crippen molar-refractivity contribution in [2.24, 2.45) is 0 Å². The highest BCUT2D eigenvalue weighted by atomic mass is 79.9. The second-order valence-corrected chi connectivity index (χ2v) is 3.91. The largest absolute Gasteiger partial charge is 0.573 e. The van der Waals surface area contributed by atoms with Crippen molar-refractivity contribution in [3.05, 3.63) is 27.7 Å². The van der Waals surface area contributed by atoms with Crippen molar-refractivity contribution in [2.75, 3.05) is 0 Å². The highest BCUT2D eigenvalue weighted by molar-refractivity contribution is 9.10. The van der Waals surface area contributed by atoms with E-state index in [-0.39, 0.29) is 21.9 Å². The summed E-state index contributed by atoms with van der Waals surface area (Å²) in [5.74, 6) is -1.41. The first-order valence-corrected chi connectivity index (χ1v) is 5.10. The fraction of sp³-hybridized carbons (Fsp3) is 0.200. The standard InChI is InChI=1S/C10H6BrF3O3/c1-5(16)6-2-3-8(11)7(4-15)9(6)17-10(12,13)14/h2-4H,1H3. The minimum atomic E-state index is -4.97. The van der Waals surface area contributed by atoms with E-state index in [0.29, 0.717) is 0 Å². The first-order chi connectivity index (χ1) is 7.76. The number of benzene rings is 1. The summed E-state index contributed by atoms with van der Waals surface area (Å²) in [5.41, 5.74) is -0.650. The zero-order chi connectivity index (χ0) is 13.2. The van der Waals surface area contributed by atoms with Gasteiger partial charge in [0.05, 0.1) is 11.1 Å². The number of carbonyl (C=O) groups is 2. The summed E-state index contributed by atoms with van der Waals surface area (Å²) in [6.07, 6.45) is -4.78. The molecule has 0 N–H and O–H groups in total. The predicted molar refractivity (Wildman–Crippen MR) is 56.2 cm³/mol. The minimum Gasteiger partial charge on any atom is -0.404 e. The molecular weight excluding hydrogens is 305 g/mol. The van der Waals surface area contributed by atoms with Crippen LogP contribution in [-0.4, -0.2) is 18.4 Å². The van der Waals surface area contributed by atoms with E-state index < -0.39 is 17.9 Å². The van der Waals surface area contributed by atoms with Crippen LogP contribution in [0.3, 0.4) is 0 Å². The number of ketones is 1. The lowest BCUT2D eigenvalue weighted by Gasteiger charge is -2.14. The molecule has 0 atom stereocenters. The van der Waals surface area contributed by atoms with Crippen molar-refractivity contribution in [2.45, 2.75) is 13.3 Å². The third kappa shape index (κ3) is 3.29. The van der Waals surface area contributed by atoms with Gasteiger partial charge in [-0.25, -0.2) is 0 Å². The van der Waals surface area contributed by atoms with Gasteiger partial charge in [0.15, 0.2) is 17.8 Å². The number of Topliss-reactive ketones (excluding diaryl/α,β-unsaturated/α-hetero) is 1. The Balaban J connectivity index is 3.44. The lowest BCUT2D eigenvalue weighted by molar-refractivity contribution is -0.274. The Morgan fingerprint density at radius 3 is 2.41 bits per heavy atom. The van der Waals surface area contributed by atoms with Gasteiger partial charge in [0.25, 0.3) is 0 Å². The van der Waals surface area contributed by atoms with Crippen LogP contribution in [0, 0.1) is 0 Å². The highest BCUT2D eigenvalue weighted by Gasteiger charge is 2.34. The van der Waals surface area contributed by atoms with Crippen LogP contribution in [0.5, 0.6) is 5.75 Å². The normalized spacial score (nSPS) is 11.1. The fourth-order valence-corrected chi connectivity index (χ4v) is 1.59. The average molecular weight is 311 g/mol. The third-order valence-electron chi connectivity index (χ3n) is 1.86. The van der Waals surface area contributed by atoms with Gasteiger partial charge in [-0.1, -0.05) is 0 Å². The lowest BCUT2D eigenvalue weighted by Crippen LogP contribution is -2.20. The molecule has 0 aliphatic rings. The zero-order valence-electron chi connectivity index (χ0n) is 8.47. The molecule has 1 rings (SSSR count). The van der Waals surface area contributed by atoms with Gasteiger partial charge >= 0.3 is 6.36 Å². The van der Waals surface area contributed by atoms with E-state index in [9.17, 15) is 22.8 Å². The Labute approximate surface area is 103 Å².